The van der Waals surface area contributed by atoms with Gasteiger partial charge in [0.25, 0.3) is 5.91 Å². The van der Waals surface area contributed by atoms with Crippen LogP contribution in [0.4, 0.5) is 0 Å². The third-order valence-corrected chi connectivity index (χ3v) is 4.73. The van der Waals surface area contributed by atoms with Crippen molar-refractivity contribution in [2.75, 3.05) is 20.8 Å². The molecule has 0 saturated heterocycles. The summed E-state index contributed by atoms with van der Waals surface area (Å²) >= 11 is 0. The standard InChI is InChI=1S/C18H20N2O4/c1-22-16-7-12-5-6-20(10-13(12)8-17(16)23-2)18(21)14-9-15(24-19-14)11-3-4-11/h7-9,11H,3-6,10H2,1-2H3. The Morgan fingerprint density at radius 3 is 2.54 bits per heavy atom. The highest BCUT2D eigenvalue weighted by molar-refractivity contribution is 5.92. The van der Waals surface area contributed by atoms with Gasteiger partial charge in [0.2, 0.25) is 0 Å². The van der Waals surface area contributed by atoms with E-state index in [1.807, 2.05) is 17.0 Å². The summed E-state index contributed by atoms with van der Waals surface area (Å²) in [6, 6.07) is 5.74. The van der Waals surface area contributed by atoms with Crippen LogP contribution in [-0.2, 0) is 13.0 Å². The molecule has 1 saturated carbocycles. The van der Waals surface area contributed by atoms with Crippen molar-refractivity contribution >= 4 is 5.91 Å². The van der Waals surface area contributed by atoms with E-state index in [9.17, 15) is 4.79 Å². The zero-order valence-corrected chi connectivity index (χ0v) is 13.9. The molecule has 126 valence electrons. The lowest BCUT2D eigenvalue weighted by Gasteiger charge is -2.29. The van der Waals surface area contributed by atoms with Crippen molar-refractivity contribution in [1.29, 1.82) is 0 Å². The van der Waals surface area contributed by atoms with E-state index >= 15 is 0 Å². The van der Waals surface area contributed by atoms with Crippen LogP contribution in [0.3, 0.4) is 0 Å². The van der Waals surface area contributed by atoms with Gasteiger partial charge in [-0.1, -0.05) is 5.16 Å². The maximum absolute atomic E-state index is 12.7. The highest BCUT2D eigenvalue weighted by Crippen LogP contribution is 2.40. The van der Waals surface area contributed by atoms with Crippen molar-refractivity contribution in [3.63, 3.8) is 0 Å². The van der Waals surface area contributed by atoms with Crippen LogP contribution in [0.25, 0.3) is 0 Å². The molecular weight excluding hydrogens is 308 g/mol. The van der Waals surface area contributed by atoms with Gasteiger partial charge in [0.1, 0.15) is 5.76 Å². The molecule has 1 aliphatic heterocycles. The number of fused-ring (bicyclic) bond motifs is 1. The van der Waals surface area contributed by atoms with Crippen LogP contribution in [0.5, 0.6) is 11.5 Å². The largest absolute Gasteiger partial charge is 0.493 e. The Bertz CT molecular complexity index is 779. The van der Waals surface area contributed by atoms with Gasteiger partial charge in [0.15, 0.2) is 17.2 Å². The van der Waals surface area contributed by atoms with Crippen LogP contribution in [0.1, 0.15) is 46.1 Å². The number of benzene rings is 1. The molecule has 0 spiro atoms. The number of rotatable bonds is 4. The third-order valence-electron chi connectivity index (χ3n) is 4.73. The Morgan fingerprint density at radius 1 is 1.17 bits per heavy atom. The first-order valence-corrected chi connectivity index (χ1v) is 8.19. The quantitative estimate of drug-likeness (QED) is 0.863. The normalized spacial score (nSPS) is 16.7. The molecule has 1 aromatic carbocycles. The monoisotopic (exact) mass is 328 g/mol. The highest BCUT2D eigenvalue weighted by Gasteiger charge is 2.31. The van der Waals surface area contributed by atoms with Crippen molar-refractivity contribution in [2.24, 2.45) is 0 Å². The van der Waals surface area contributed by atoms with E-state index in [1.165, 1.54) is 5.56 Å². The van der Waals surface area contributed by atoms with E-state index in [0.29, 0.717) is 30.5 Å². The summed E-state index contributed by atoms with van der Waals surface area (Å²) in [7, 11) is 3.25. The molecule has 6 nitrogen and oxygen atoms in total. The molecule has 4 rings (SSSR count). The second kappa shape index (κ2) is 5.85. The predicted octanol–water partition coefficient (Wildman–Crippen LogP) is 2.77. The fourth-order valence-corrected chi connectivity index (χ4v) is 3.17. The van der Waals surface area contributed by atoms with E-state index in [4.69, 9.17) is 14.0 Å². The predicted molar refractivity (Wildman–Crippen MR) is 86.5 cm³/mol. The average Bonchev–Trinajstić information content (AvgIpc) is 3.36. The fourth-order valence-electron chi connectivity index (χ4n) is 3.17. The summed E-state index contributed by atoms with van der Waals surface area (Å²) in [6.07, 6.45) is 3.04. The van der Waals surface area contributed by atoms with Gasteiger partial charge >= 0.3 is 0 Å². The number of hydrogen-bond donors (Lipinski definition) is 0. The Kier molecular flexibility index (Phi) is 3.67. The molecule has 2 heterocycles. The molecule has 6 heteroatoms. The topological polar surface area (TPSA) is 64.8 Å². The van der Waals surface area contributed by atoms with E-state index in [2.05, 4.69) is 5.16 Å². The number of methoxy groups -OCH3 is 2. The van der Waals surface area contributed by atoms with E-state index in [1.54, 1.807) is 20.3 Å². The molecule has 1 amide bonds. The Hall–Kier alpha value is -2.50. The second-order valence-electron chi connectivity index (χ2n) is 6.34. The lowest BCUT2D eigenvalue weighted by molar-refractivity contribution is 0.0723. The zero-order chi connectivity index (χ0) is 16.7. The summed E-state index contributed by atoms with van der Waals surface area (Å²) in [5, 5.41) is 3.96. The number of hydrogen-bond acceptors (Lipinski definition) is 5. The molecule has 24 heavy (non-hydrogen) atoms. The molecule has 1 aliphatic carbocycles. The first-order valence-electron chi connectivity index (χ1n) is 8.19. The van der Waals surface area contributed by atoms with Crippen LogP contribution in [0.15, 0.2) is 22.7 Å². The first-order chi connectivity index (χ1) is 11.7. The van der Waals surface area contributed by atoms with Crippen LogP contribution in [0, 0.1) is 0 Å². The number of nitrogens with zero attached hydrogens (tertiary/aromatic N) is 2. The zero-order valence-electron chi connectivity index (χ0n) is 13.9. The fraction of sp³-hybridized carbons (Fsp3) is 0.444. The Morgan fingerprint density at radius 2 is 1.88 bits per heavy atom. The molecule has 2 aliphatic rings. The molecule has 1 aromatic heterocycles. The van der Waals surface area contributed by atoms with Gasteiger partial charge in [0.05, 0.1) is 14.2 Å². The molecule has 0 radical (unpaired) electrons. The SMILES string of the molecule is COc1cc2c(cc1OC)CN(C(=O)c1cc(C3CC3)on1)CC2. The van der Waals surface area contributed by atoms with Crippen molar-refractivity contribution in [1.82, 2.24) is 10.1 Å². The van der Waals surface area contributed by atoms with Gasteiger partial charge < -0.3 is 18.9 Å². The van der Waals surface area contributed by atoms with Crippen molar-refractivity contribution < 1.29 is 18.8 Å². The van der Waals surface area contributed by atoms with Crippen molar-refractivity contribution in [2.45, 2.75) is 31.7 Å². The molecule has 0 bridgehead atoms. The minimum Gasteiger partial charge on any atom is -0.493 e. The first kappa shape index (κ1) is 15.1. The molecule has 2 aromatic rings. The van der Waals surface area contributed by atoms with E-state index in [-0.39, 0.29) is 5.91 Å². The Labute approximate surface area is 140 Å². The number of carbonyl (C=O) groups excluding carboxylic acids is 1. The number of aromatic nitrogens is 1. The molecule has 0 atom stereocenters. The van der Waals surface area contributed by atoms with E-state index in [0.717, 1.165) is 36.3 Å². The van der Waals surface area contributed by atoms with Gasteiger partial charge in [-0.15, -0.1) is 0 Å². The Balaban J connectivity index is 1.55. The summed E-state index contributed by atoms with van der Waals surface area (Å²) in [4.78, 5) is 14.5. The molecular formula is C18H20N2O4. The van der Waals surface area contributed by atoms with Gasteiger partial charge in [-0.25, -0.2) is 0 Å². The van der Waals surface area contributed by atoms with Crippen molar-refractivity contribution in [3.05, 3.63) is 40.8 Å². The minimum atomic E-state index is -0.0777. The lowest BCUT2D eigenvalue weighted by Crippen LogP contribution is -2.36. The van der Waals surface area contributed by atoms with Crippen LogP contribution in [-0.4, -0.2) is 36.7 Å². The second-order valence-corrected chi connectivity index (χ2v) is 6.34. The molecule has 1 fully saturated rings. The number of amides is 1. The summed E-state index contributed by atoms with van der Waals surface area (Å²) < 4.78 is 16.0. The lowest BCUT2D eigenvalue weighted by atomic mass is 9.98. The summed E-state index contributed by atoms with van der Waals surface area (Å²) in [5.74, 6) is 2.62. The van der Waals surface area contributed by atoms with Crippen molar-refractivity contribution in [3.8, 4) is 11.5 Å². The smallest absolute Gasteiger partial charge is 0.276 e. The van der Waals surface area contributed by atoms with Gasteiger partial charge in [-0.3, -0.25) is 4.79 Å². The number of carbonyl (C=O) groups is 1. The third kappa shape index (κ3) is 2.62. The molecule has 0 N–H and O–H groups in total. The number of ether oxygens (including phenoxy) is 2. The van der Waals surface area contributed by atoms with E-state index < -0.39 is 0 Å². The van der Waals surface area contributed by atoms with Crippen LogP contribution in [0.2, 0.25) is 0 Å². The van der Waals surface area contributed by atoms with Crippen LogP contribution >= 0.6 is 0 Å². The van der Waals surface area contributed by atoms with Gasteiger partial charge in [0, 0.05) is 25.1 Å². The molecule has 0 unspecified atom stereocenters. The average molecular weight is 328 g/mol. The van der Waals surface area contributed by atoms with Crippen LogP contribution < -0.4 is 9.47 Å². The minimum absolute atomic E-state index is 0.0777. The maximum atomic E-state index is 12.7. The highest BCUT2D eigenvalue weighted by atomic mass is 16.5. The summed E-state index contributed by atoms with van der Waals surface area (Å²) in [6.45, 7) is 1.20. The van der Waals surface area contributed by atoms with Gasteiger partial charge in [-0.05, 0) is 42.5 Å². The maximum Gasteiger partial charge on any atom is 0.276 e. The van der Waals surface area contributed by atoms with Gasteiger partial charge in [-0.2, -0.15) is 0 Å². The summed E-state index contributed by atoms with van der Waals surface area (Å²) in [5.41, 5.74) is 2.68.